The fourth-order valence-electron chi connectivity index (χ4n) is 4.43. The van der Waals surface area contributed by atoms with Crippen molar-refractivity contribution in [2.75, 3.05) is 20.3 Å². The first-order valence-electron chi connectivity index (χ1n) is 11.8. The zero-order chi connectivity index (χ0) is 26.0. The third kappa shape index (κ3) is 5.12. The lowest BCUT2D eigenvalue weighted by atomic mass is 10.0. The summed E-state index contributed by atoms with van der Waals surface area (Å²) in [7, 11) is -2.22. The van der Waals surface area contributed by atoms with E-state index in [0.717, 1.165) is 27.6 Å². The third-order valence-electron chi connectivity index (χ3n) is 6.51. The summed E-state index contributed by atoms with van der Waals surface area (Å²) < 4.78 is 38.4. The van der Waals surface area contributed by atoms with Crippen LogP contribution in [0.2, 0.25) is 0 Å². The number of methoxy groups -OCH3 is 1. The van der Waals surface area contributed by atoms with E-state index in [2.05, 4.69) is 0 Å². The molecule has 1 aliphatic heterocycles. The van der Waals surface area contributed by atoms with Crippen LogP contribution in [0.4, 0.5) is 0 Å². The molecule has 0 saturated carbocycles. The maximum Gasteiger partial charge on any atom is 0.338 e. The molecule has 188 valence electrons. The average Bonchev–Trinajstić information content (AvgIpc) is 2.94. The van der Waals surface area contributed by atoms with Gasteiger partial charge in [-0.05, 0) is 64.7 Å². The zero-order valence-electron chi connectivity index (χ0n) is 20.2. The summed E-state index contributed by atoms with van der Waals surface area (Å²) in [6.07, 6.45) is 0.627. The second-order valence-electron chi connectivity index (χ2n) is 8.81. The molecular weight excluding hydrogens is 490 g/mol. The van der Waals surface area contributed by atoms with Crippen molar-refractivity contribution >= 4 is 32.5 Å². The summed E-state index contributed by atoms with van der Waals surface area (Å²) in [6, 6.07) is 24.2. The van der Waals surface area contributed by atoms with Crippen LogP contribution in [-0.2, 0) is 27.7 Å². The van der Waals surface area contributed by atoms with Crippen LogP contribution in [0.5, 0.6) is 5.75 Å². The molecule has 5 rings (SSSR count). The molecule has 0 N–H and O–H groups in total. The molecule has 0 radical (unpaired) electrons. The standard InChI is InChI=1S/C29H25NO6S/c1-35-26-12-11-21-15-23(10-9-22(21)16-26)28(31)19-36-29(32)24-7-4-8-27(17-24)37(33,34)30-14-13-20-5-2-3-6-25(20)18-30/h2-12,15-17H,13-14,18-19H2,1H3. The average molecular weight is 516 g/mol. The molecule has 0 aliphatic carbocycles. The number of carbonyl (C=O) groups is 2. The first-order chi connectivity index (χ1) is 17.8. The molecule has 0 aromatic heterocycles. The van der Waals surface area contributed by atoms with Gasteiger partial charge in [0.1, 0.15) is 5.75 Å². The second-order valence-corrected chi connectivity index (χ2v) is 10.8. The van der Waals surface area contributed by atoms with E-state index >= 15 is 0 Å². The summed E-state index contributed by atoms with van der Waals surface area (Å²) in [5.74, 6) is -0.406. The molecule has 1 heterocycles. The Labute approximate surface area is 215 Å². The minimum absolute atomic E-state index is 0.0117. The summed E-state index contributed by atoms with van der Waals surface area (Å²) >= 11 is 0. The number of rotatable bonds is 7. The Bertz CT molecular complexity index is 1610. The molecule has 1 aliphatic rings. The normalized spacial score (nSPS) is 13.6. The molecule has 0 unspecified atom stereocenters. The van der Waals surface area contributed by atoms with Crippen molar-refractivity contribution in [3.05, 3.63) is 107 Å². The van der Waals surface area contributed by atoms with Gasteiger partial charge in [-0.3, -0.25) is 4.79 Å². The van der Waals surface area contributed by atoms with E-state index in [9.17, 15) is 18.0 Å². The highest BCUT2D eigenvalue weighted by Gasteiger charge is 2.29. The number of fused-ring (bicyclic) bond motifs is 2. The number of sulfonamides is 1. The molecule has 4 aromatic carbocycles. The molecule has 0 bridgehead atoms. The van der Waals surface area contributed by atoms with Crippen LogP contribution >= 0.6 is 0 Å². The number of hydrogen-bond donors (Lipinski definition) is 0. The monoisotopic (exact) mass is 515 g/mol. The van der Waals surface area contributed by atoms with Crippen molar-refractivity contribution in [3.63, 3.8) is 0 Å². The SMILES string of the molecule is COc1ccc2cc(C(=O)COC(=O)c3cccc(S(=O)(=O)N4CCc5ccccc5C4)c3)ccc2c1. The Morgan fingerprint density at radius 1 is 0.838 bits per heavy atom. The Balaban J connectivity index is 1.27. The highest BCUT2D eigenvalue weighted by Crippen LogP contribution is 2.26. The van der Waals surface area contributed by atoms with Gasteiger partial charge >= 0.3 is 5.97 Å². The molecule has 37 heavy (non-hydrogen) atoms. The van der Waals surface area contributed by atoms with E-state index in [0.29, 0.717) is 18.5 Å². The minimum atomic E-state index is -3.81. The van der Waals surface area contributed by atoms with E-state index in [-0.39, 0.29) is 22.8 Å². The summed E-state index contributed by atoms with van der Waals surface area (Å²) in [6.45, 7) is 0.182. The summed E-state index contributed by atoms with van der Waals surface area (Å²) in [5.41, 5.74) is 2.59. The number of ether oxygens (including phenoxy) is 2. The molecule has 0 spiro atoms. The van der Waals surface area contributed by atoms with E-state index in [1.165, 1.54) is 28.6 Å². The molecule has 0 saturated heterocycles. The highest BCUT2D eigenvalue weighted by atomic mass is 32.2. The van der Waals surface area contributed by atoms with Gasteiger partial charge in [0.2, 0.25) is 10.0 Å². The molecule has 0 atom stereocenters. The Kier molecular flexibility index (Phi) is 6.78. The van der Waals surface area contributed by atoms with Crippen molar-refractivity contribution in [2.45, 2.75) is 17.9 Å². The highest BCUT2D eigenvalue weighted by molar-refractivity contribution is 7.89. The third-order valence-corrected chi connectivity index (χ3v) is 8.35. The summed E-state index contributed by atoms with van der Waals surface area (Å²) in [5, 5.41) is 1.78. The van der Waals surface area contributed by atoms with Crippen LogP contribution in [0.1, 0.15) is 31.8 Å². The van der Waals surface area contributed by atoms with E-state index in [4.69, 9.17) is 9.47 Å². The van der Waals surface area contributed by atoms with Crippen LogP contribution in [-0.4, -0.2) is 44.7 Å². The fourth-order valence-corrected chi connectivity index (χ4v) is 5.89. The maximum absolute atomic E-state index is 13.3. The van der Waals surface area contributed by atoms with Gasteiger partial charge in [-0.15, -0.1) is 0 Å². The predicted molar refractivity (Wildman–Crippen MR) is 139 cm³/mol. The van der Waals surface area contributed by atoms with Crippen molar-refractivity contribution < 1.29 is 27.5 Å². The fraction of sp³-hybridized carbons (Fsp3) is 0.172. The van der Waals surface area contributed by atoms with Gasteiger partial charge in [0, 0.05) is 18.7 Å². The van der Waals surface area contributed by atoms with Gasteiger partial charge in [0.25, 0.3) is 0 Å². The first kappa shape index (κ1) is 24.7. The first-order valence-corrected chi connectivity index (χ1v) is 13.2. The predicted octanol–water partition coefficient (Wildman–Crippen LogP) is 4.64. The number of carbonyl (C=O) groups excluding carboxylic acids is 2. The number of Topliss-reactive ketones (excluding diaryl/α,β-unsaturated/α-hetero) is 1. The van der Waals surface area contributed by atoms with Crippen LogP contribution in [0.25, 0.3) is 10.8 Å². The van der Waals surface area contributed by atoms with Crippen molar-refractivity contribution in [2.24, 2.45) is 0 Å². The van der Waals surface area contributed by atoms with E-state index < -0.39 is 22.6 Å². The van der Waals surface area contributed by atoms with Gasteiger partial charge in [-0.1, -0.05) is 48.5 Å². The topological polar surface area (TPSA) is 90.0 Å². The zero-order valence-corrected chi connectivity index (χ0v) is 21.0. The molecule has 0 amide bonds. The number of esters is 1. The van der Waals surface area contributed by atoms with Gasteiger partial charge in [-0.25, -0.2) is 13.2 Å². The van der Waals surface area contributed by atoms with Gasteiger partial charge in [-0.2, -0.15) is 4.31 Å². The van der Waals surface area contributed by atoms with E-state index in [1.54, 1.807) is 31.4 Å². The lowest BCUT2D eigenvalue weighted by Crippen LogP contribution is -2.36. The molecule has 4 aromatic rings. The van der Waals surface area contributed by atoms with Crippen molar-refractivity contribution in [3.8, 4) is 5.75 Å². The molecular formula is C29H25NO6S. The Morgan fingerprint density at radius 2 is 1.59 bits per heavy atom. The largest absolute Gasteiger partial charge is 0.497 e. The number of ketones is 1. The van der Waals surface area contributed by atoms with Crippen LogP contribution in [0.15, 0.2) is 89.8 Å². The quantitative estimate of drug-likeness (QED) is 0.263. The second kappa shape index (κ2) is 10.2. The van der Waals surface area contributed by atoms with Crippen LogP contribution in [0, 0.1) is 0 Å². The lowest BCUT2D eigenvalue weighted by Gasteiger charge is -2.28. The minimum Gasteiger partial charge on any atom is -0.497 e. The Morgan fingerprint density at radius 3 is 2.41 bits per heavy atom. The van der Waals surface area contributed by atoms with Crippen LogP contribution in [0.3, 0.4) is 0 Å². The van der Waals surface area contributed by atoms with Gasteiger partial charge in [0.05, 0.1) is 17.6 Å². The number of benzene rings is 4. The number of nitrogens with zero attached hydrogens (tertiary/aromatic N) is 1. The molecule has 8 heteroatoms. The van der Waals surface area contributed by atoms with Gasteiger partial charge < -0.3 is 9.47 Å². The Hall–Kier alpha value is -4.01. The van der Waals surface area contributed by atoms with Crippen molar-refractivity contribution in [1.29, 1.82) is 0 Å². The van der Waals surface area contributed by atoms with Crippen LogP contribution < -0.4 is 4.74 Å². The van der Waals surface area contributed by atoms with Gasteiger partial charge in [0.15, 0.2) is 12.4 Å². The molecule has 0 fully saturated rings. The summed E-state index contributed by atoms with van der Waals surface area (Å²) in [4.78, 5) is 25.4. The van der Waals surface area contributed by atoms with E-state index in [1.807, 2.05) is 36.4 Å². The molecule has 7 nitrogen and oxygen atoms in total. The smallest absolute Gasteiger partial charge is 0.338 e. The lowest BCUT2D eigenvalue weighted by molar-refractivity contribution is 0.0474. The number of hydrogen-bond acceptors (Lipinski definition) is 6. The maximum atomic E-state index is 13.3. The van der Waals surface area contributed by atoms with Crippen molar-refractivity contribution in [1.82, 2.24) is 4.31 Å².